The summed E-state index contributed by atoms with van der Waals surface area (Å²) in [6.45, 7) is 0. The van der Waals surface area contributed by atoms with E-state index in [1.165, 1.54) is 0 Å². The van der Waals surface area contributed by atoms with E-state index < -0.39 is 0 Å². The van der Waals surface area contributed by atoms with Crippen molar-refractivity contribution in [3.8, 4) is 0 Å². The average Bonchev–Trinajstić information content (AvgIpc) is 2.73. The Morgan fingerprint density at radius 1 is 1.31 bits per heavy atom. The van der Waals surface area contributed by atoms with Gasteiger partial charge in [-0.05, 0) is 18.6 Å². The van der Waals surface area contributed by atoms with E-state index in [0.717, 1.165) is 24.4 Å². The molecular formula is C12H16N4. The summed E-state index contributed by atoms with van der Waals surface area (Å²) in [6, 6.07) is 5.80. The minimum absolute atomic E-state index is 0.0158. The Labute approximate surface area is 95.1 Å². The molecule has 2 N–H and O–H groups in total. The Bertz CT molecular complexity index is 435. The molecule has 0 aliphatic carbocycles. The first-order chi connectivity index (χ1) is 7.77. The van der Waals surface area contributed by atoms with Crippen LogP contribution >= 0.6 is 0 Å². The van der Waals surface area contributed by atoms with Crippen molar-refractivity contribution in [1.82, 2.24) is 14.5 Å². The van der Waals surface area contributed by atoms with Crippen molar-refractivity contribution in [1.29, 1.82) is 0 Å². The summed E-state index contributed by atoms with van der Waals surface area (Å²) in [5.41, 5.74) is 7.00. The van der Waals surface area contributed by atoms with E-state index in [-0.39, 0.29) is 6.04 Å². The van der Waals surface area contributed by atoms with Gasteiger partial charge in [0.05, 0.1) is 5.69 Å². The van der Waals surface area contributed by atoms with Crippen LogP contribution in [0.3, 0.4) is 0 Å². The summed E-state index contributed by atoms with van der Waals surface area (Å²) in [6.07, 6.45) is 7.27. The van der Waals surface area contributed by atoms with E-state index in [9.17, 15) is 0 Å². The van der Waals surface area contributed by atoms with Crippen LogP contribution in [0.15, 0.2) is 36.8 Å². The third kappa shape index (κ3) is 2.46. The second-order valence-electron chi connectivity index (χ2n) is 3.85. The zero-order chi connectivity index (χ0) is 11.4. The number of nitrogens with zero attached hydrogens (tertiary/aromatic N) is 3. The molecule has 4 heteroatoms. The lowest BCUT2D eigenvalue weighted by Gasteiger charge is -2.10. The van der Waals surface area contributed by atoms with Crippen LogP contribution in [0.25, 0.3) is 0 Å². The van der Waals surface area contributed by atoms with Gasteiger partial charge in [-0.25, -0.2) is 4.98 Å². The molecule has 0 radical (unpaired) electrons. The van der Waals surface area contributed by atoms with Gasteiger partial charge < -0.3 is 10.3 Å². The fraction of sp³-hybridized carbons (Fsp3) is 0.333. The van der Waals surface area contributed by atoms with Crippen molar-refractivity contribution in [2.75, 3.05) is 0 Å². The normalized spacial score (nSPS) is 12.6. The summed E-state index contributed by atoms with van der Waals surface area (Å²) in [4.78, 5) is 8.52. The van der Waals surface area contributed by atoms with Crippen LogP contribution in [0.1, 0.15) is 24.0 Å². The van der Waals surface area contributed by atoms with Crippen molar-refractivity contribution in [2.24, 2.45) is 12.8 Å². The fourth-order valence-corrected chi connectivity index (χ4v) is 1.67. The highest BCUT2D eigenvalue weighted by molar-refractivity contribution is 5.08. The van der Waals surface area contributed by atoms with Crippen LogP contribution in [0.5, 0.6) is 0 Å². The molecule has 1 atom stereocenters. The zero-order valence-electron chi connectivity index (χ0n) is 9.37. The molecule has 0 saturated heterocycles. The number of rotatable bonds is 4. The molecule has 16 heavy (non-hydrogen) atoms. The van der Waals surface area contributed by atoms with Crippen molar-refractivity contribution >= 4 is 0 Å². The highest BCUT2D eigenvalue weighted by Crippen LogP contribution is 2.13. The Balaban J connectivity index is 1.94. The molecule has 2 heterocycles. The van der Waals surface area contributed by atoms with Gasteiger partial charge in [-0.3, -0.25) is 4.98 Å². The SMILES string of the molecule is Cn1ccnc1CCC(N)c1ccccn1. The highest BCUT2D eigenvalue weighted by Gasteiger charge is 2.08. The first-order valence-electron chi connectivity index (χ1n) is 5.40. The van der Waals surface area contributed by atoms with Gasteiger partial charge in [-0.1, -0.05) is 6.07 Å². The molecule has 84 valence electrons. The topological polar surface area (TPSA) is 56.7 Å². The van der Waals surface area contributed by atoms with Crippen molar-refractivity contribution < 1.29 is 0 Å². The quantitative estimate of drug-likeness (QED) is 0.841. The van der Waals surface area contributed by atoms with E-state index in [1.807, 2.05) is 42.2 Å². The summed E-state index contributed by atoms with van der Waals surface area (Å²) in [7, 11) is 1.99. The van der Waals surface area contributed by atoms with Gasteiger partial charge >= 0.3 is 0 Å². The lowest BCUT2D eigenvalue weighted by Crippen LogP contribution is -2.13. The van der Waals surface area contributed by atoms with Crippen molar-refractivity contribution in [3.05, 3.63) is 48.3 Å². The minimum Gasteiger partial charge on any atom is -0.338 e. The third-order valence-corrected chi connectivity index (χ3v) is 2.67. The summed E-state index contributed by atoms with van der Waals surface area (Å²) in [5.74, 6) is 1.06. The predicted octanol–water partition coefficient (Wildman–Crippen LogP) is 1.45. The van der Waals surface area contributed by atoms with E-state index in [1.54, 1.807) is 6.20 Å². The van der Waals surface area contributed by atoms with Crippen LogP contribution in [0.4, 0.5) is 0 Å². The molecule has 2 rings (SSSR count). The molecule has 0 saturated carbocycles. The van der Waals surface area contributed by atoms with Gasteiger partial charge in [0.25, 0.3) is 0 Å². The van der Waals surface area contributed by atoms with E-state index >= 15 is 0 Å². The van der Waals surface area contributed by atoms with Crippen LogP contribution in [-0.4, -0.2) is 14.5 Å². The number of pyridine rings is 1. The molecule has 1 unspecified atom stereocenters. The van der Waals surface area contributed by atoms with Crippen molar-refractivity contribution in [3.63, 3.8) is 0 Å². The van der Waals surface area contributed by atoms with Gasteiger partial charge in [0.2, 0.25) is 0 Å². The molecule has 0 spiro atoms. The first-order valence-corrected chi connectivity index (χ1v) is 5.40. The highest BCUT2D eigenvalue weighted by atomic mass is 15.0. The van der Waals surface area contributed by atoms with Crippen LogP contribution < -0.4 is 5.73 Å². The lowest BCUT2D eigenvalue weighted by atomic mass is 10.1. The summed E-state index contributed by atoms with van der Waals surface area (Å²) >= 11 is 0. The molecule has 2 aromatic rings. The smallest absolute Gasteiger partial charge is 0.108 e. The van der Waals surface area contributed by atoms with Gasteiger partial charge in [0, 0.05) is 38.1 Å². The van der Waals surface area contributed by atoms with Gasteiger partial charge in [0.1, 0.15) is 5.82 Å². The second kappa shape index (κ2) is 4.90. The standard InChI is InChI=1S/C12H16N4/c1-16-9-8-15-12(16)6-5-10(13)11-4-2-3-7-14-11/h2-4,7-10H,5-6,13H2,1H3. The number of imidazole rings is 1. The van der Waals surface area contributed by atoms with Gasteiger partial charge in [-0.15, -0.1) is 0 Å². The van der Waals surface area contributed by atoms with Crippen LogP contribution in [0, 0.1) is 0 Å². The molecule has 2 aromatic heterocycles. The number of nitrogens with two attached hydrogens (primary N) is 1. The maximum atomic E-state index is 6.06. The Morgan fingerprint density at radius 3 is 2.81 bits per heavy atom. The molecular weight excluding hydrogens is 200 g/mol. The molecule has 0 fully saturated rings. The van der Waals surface area contributed by atoms with Gasteiger partial charge in [-0.2, -0.15) is 0 Å². The van der Waals surface area contributed by atoms with Crippen LogP contribution in [0.2, 0.25) is 0 Å². The van der Waals surface area contributed by atoms with Gasteiger partial charge in [0.15, 0.2) is 0 Å². The molecule has 0 amide bonds. The minimum atomic E-state index is -0.0158. The molecule has 4 nitrogen and oxygen atoms in total. The largest absolute Gasteiger partial charge is 0.338 e. The second-order valence-corrected chi connectivity index (χ2v) is 3.85. The van der Waals surface area contributed by atoms with E-state index in [2.05, 4.69) is 9.97 Å². The zero-order valence-corrected chi connectivity index (χ0v) is 9.37. The molecule has 0 aliphatic heterocycles. The van der Waals surface area contributed by atoms with E-state index in [0.29, 0.717) is 0 Å². The number of aryl methyl sites for hydroxylation is 2. The van der Waals surface area contributed by atoms with E-state index in [4.69, 9.17) is 5.73 Å². The molecule has 0 bridgehead atoms. The number of aromatic nitrogens is 3. The summed E-state index contributed by atoms with van der Waals surface area (Å²) in [5, 5.41) is 0. The fourth-order valence-electron chi connectivity index (χ4n) is 1.67. The Morgan fingerprint density at radius 2 is 2.19 bits per heavy atom. The maximum Gasteiger partial charge on any atom is 0.108 e. The first kappa shape index (κ1) is 10.8. The lowest BCUT2D eigenvalue weighted by molar-refractivity contribution is 0.607. The maximum absolute atomic E-state index is 6.06. The monoisotopic (exact) mass is 216 g/mol. The third-order valence-electron chi connectivity index (χ3n) is 2.67. The van der Waals surface area contributed by atoms with Crippen LogP contribution in [-0.2, 0) is 13.5 Å². The number of hydrogen-bond donors (Lipinski definition) is 1. The Kier molecular flexibility index (Phi) is 3.31. The molecule has 0 aliphatic rings. The Hall–Kier alpha value is -1.68. The van der Waals surface area contributed by atoms with Crippen molar-refractivity contribution in [2.45, 2.75) is 18.9 Å². The predicted molar refractivity (Wildman–Crippen MR) is 62.7 cm³/mol. The summed E-state index contributed by atoms with van der Waals surface area (Å²) < 4.78 is 2.02. The molecule has 0 aromatic carbocycles. The average molecular weight is 216 g/mol. The number of hydrogen-bond acceptors (Lipinski definition) is 3.